The van der Waals surface area contributed by atoms with E-state index in [1.165, 1.54) is 29.4 Å². The lowest BCUT2D eigenvalue weighted by Gasteiger charge is -2.16. The lowest BCUT2D eigenvalue weighted by molar-refractivity contribution is -0.137. The number of fused-ring (bicyclic) bond motifs is 1. The van der Waals surface area contributed by atoms with Crippen molar-refractivity contribution in [1.82, 2.24) is 24.8 Å². The number of rotatable bonds is 6. The maximum atomic E-state index is 12.6. The maximum absolute atomic E-state index is 12.6. The summed E-state index contributed by atoms with van der Waals surface area (Å²) in [7, 11) is 1.70. The monoisotopic (exact) mass is 438 g/mol. The minimum Gasteiger partial charge on any atom is -0.387 e. The highest BCUT2D eigenvalue weighted by Gasteiger charge is 2.44. The van der Waals surface area contributed by atoms with E-state index in [-0.39, 0.29) is 13.1 Å². The van der Waals surface area contributed by atoms with Gasteiger partial charge in [-0.15, -0.1) is 0 Å². The zero-order chi connectivity index (χ0) is 22.2. The Kier molecular flexibility index (Phi) is 5.79. The molecule has 1 aliphatic rings. The number of hydrogen-bond donors (Lipinski definition) is 4. The number of ether oxygens (including phenoxy) is 1. The predicted octanol–water partition coefficient (Wildman–Crippen LogP) is 1.30. The van der Waals surface area contributed by atoms with Gasteiger partial charge in [-0.3, -0.25) is 4.57 Å². The van der Waals surface area contributed by atoms with Crippen molar-refractivity contribution < 1.29 is 28.1 Å². The minimum absolute atomic E-state index is 0.180. The van der Waals surface area contributed by atoms with E-state index >= 15 is 0 Å². The highest BCUT2D eigenvalue weighted by molar-refractivity contribution is 5.82. The molecule has 1 fully saturated rings. The number of anilines is 1. The van der Waals surface area contributed by atoms with Gasteiger partial charge in [0.2, 0.25) is 0 Å². The van der Waals surface area contributed by atoms with Gasteiger partial charge < -0.3 is 25.6 Å². The Morgan fingerprint density at radius 1 is 1.10 bits per heavy atom. The van der Waals surface area contributed by atoms with Crippen LogP contribution in [0.3, 0.4) is 0 Å². The first-order chi connectivity index (χ1) is 14.8. The van der Waals surface area contributed by atoms with Gasteiger partial charge in [0.05, 0.1) is 11.9 Å². The molecule has 1 aliphatic heterocycles. The Morgan fingerprint density at radius 3 is 2.52 bits per heavy atom. The number of aliphatic hydroxyl groups excluding tert-OH is 2. The largest absolute Gasteiger partial charge is 0.416 e. The van der Waals surface area contributed by atoms with Crippen molar-refractivity contribution in [2.75, 3.05) is 18.9 Å². The van der Waals surface area contributed by atoms with E-state index in [2.05, 4.69) is 25.6 Å². The van der Waals surface area contributed by atoms with Gasteiger partial charge in [0.15, 0.2) is 17.7 Å². The molecular weight excluding hydrogens is 417 g/mol. The molecule has 0 bridgehead atoms. The van der Waals surface area contributed by atoms with Crippen molar-refractivity contribution in [3.05, 3.63) is 48.0 Å². The minimum atomic E-state index is -4.38. The van der Waals surface area contributed by atoms with Crippen LogP contribution in [0.4, 0.5) is 19.0 Å². The van der Waals surface area contributed by atoms with E-state index in [0.717, 1.165) is 12.1 Å². The number of hydrogen-bond acceptors (Lipinski definition) is 8. The van der Waals surface area contributed by atoms with Crippen molar-refractivity contribution in [3.8, 4) is 0 Å². The van der Waals surface area contributed by atoms with E-state index in [0.29, 0.717) is 22.5 Å². The summed E-state index contributed by atoms with van der Waals surface area (Å²) in [6, 6.07) is 4.80. The van der Waals surface area contributed by atoms with Gasteiger partial charge in [0.1, 0.15) is 30.2 Å². The maximum Gasteiger partial charge on any atom is 0.416 e. The molecule has 0 aliphatic carbocycles. The average molecular weight is 438 g/mol. The predicted molar refractivity (Wildman–Crippen MR) is 104 cm³/mol. The molecule has 3 heterocycles. The molecule has 4 N–H and O–H groups in total. The Balaban J connectivity index is 1.40. The first-order valence-corrected chi connectivity index (χ1v) is 9.53. The molecule has 31 heavy (non-hydrogen) atoms. The molecule has 0 unspecified atom stereocenters. The van der Waals surface area contributed by atoms with E-state index in [1.807, 2.05) is 0 Å². The van der Waals surface area contributed by atoms with Gasteiger partial charge in [0, 0.05) is 20.1 Å². The highest BCUT2D eigenvalue weighted by Crippen LogP contribution is 2.32. The van der Waals surface area contributed by atoms with E-state index in [9.17, 15) is 23.4 Å². The second kappa shape index (κ2) is 8.38. The zero-order valence-electron chi connectivity index (χ0n) is 16.4. The number of aromatic nitrogens is 4. The molecule has 2 aromatic heterocycles. The number of nitrogens with zero attached hydrogens (tertiary/aromatic N) is 4. The first-order valence-electron chi connectivity index (χ1n) is 9.53. The number of benzene rings is 1. The molecule has 0 amide bonds. The van der Waals surface area contributed by atoms with Crippen molar-refractivity contribution in [2.24, 2.45) is 0 Å². The molecule has 0 radical (unpaired) electrons. The van der Waals surface area contributed by atoms with Crippen molar-refractivity contribution in [2.45, 2.75) is 37.3 Å². The topological polar surface area (TPSA) is 117 Å². The van der Waals surface area contributed by atoms with Crippen LogP contribution in [0.25, 0.3) is 11.2 Å². The number of alkyl halides is 3. The van der Waals surface area contributed by atoms with Crippen LogP contribution in [-0.2, 0) is 17.5 Å². The molecular formula is C19H21F3N6O3. The Morgan fingerprint density at radius 2 is 1.84 bits per heavy atom. The van der Waals surface area contributed by atoms with Crippen LogP contribution in [0.15, 0.2) is 36.9 Å². The zero-order valence-corrected chi connectivity index (χ0v) is 16.4. The summed E-state index contributed by atoms with van der Waals surface area (Å²) in [6.07, 6.45) is -5.60. The molecule has 12 heteroatoms. The van der Waals surface area contributed by atoms with Crippen LogP contribution in [0, 0.1) is 0 Å². The molecule has 9 nitrogen and oxygen atoms in total. The smallest absolute Gasteiger partial charge is 0.387 e. The number of nitrogens with one attached hydrogen (secondary N) is 2. The molecule has 4 rings (SSSR count). The standard InChI is InChI=1S/C19H21F3N6O3/c1-23-16-13-17(26-8-25-16)28(9-27-13)18-15(30)14(29)12(31-18)7-24-6-10-2-4-11(5-3-10)19(20,21)22/h2-5,8-9,12,14-15,18,24,29-30H,6-7H2,1H3,(H,23,25,26)/t12-,14-,15-,18-/m1/s1. The summed E-state index contributed by atoms with van der Waals surface area (Å²) in [6.45, 7) is 0.456. The fourth-order valence-corrected chi connectivity index (χ4v) is 3.52. The van der Waals surface area contributed by atoms with Gasteiger partial charge in [-0.25, -0.2) is 15.0 Å². The molecule has 1 aromatic carbocycles. The molecule has 4 atom stereocenters. The molecule has 3 aromatic rings. The van der Waals surface area contributed by atoms with Gasteiger partial charge in [0.25, 0.3) is 0 Å². The molecule has 1 saturated heterocycles. The summed E-state index contributed by atoms with van der Waals surface area (Å²) in [4.78, 5) is 12.5. The molecule has 0 spiro atoms. The van der Waals surface area contributed by atoms with Crippen molar-refractivity contribution in [3.63, 3.8) is 0 Å². The summed E-state index contributed by atoms with van der Waals surface area (Å²) >= 11 is 0. The van der Waals surface area contributed by atoms with E-state index in [4.69, 9.17) is 4.74 Å². The van der Waals surface area contributed by atoms with Gasteiger partial charge in [-0.1, -0.05) is 12.1 Å². The fraction of sp³-hybridized carbons (Fsp3) is 0.421. The summed E-state index contributed by atoms with van der Waals surface area (Å²) in [5.41, 5.74) is 0.872. The van der Waals surface area contributed by atoms with E-state index < -0.39 is 36.3 Å². The van der Waals surface area contributed by atoms with E-state index in [1.54, 1.807) is 7.05 Å². The second-order valence-electron chi connectivity index (χ2n) is 7.17. The number of aliphatic hydroxyl groups is 2. The van der Waals surface area contributed by atoms with Crippen molar-refractivity contribution >= 4 is 17.0 Å². The highest BCUT2D eigenvalue weighted by atomic mass is 19.4. The Hall–Kier alpha value is -2.80. The third-order valence-corrected chi connectivity index (χ3v) is 5.16. The Labute approximate surface area is 174 Å². The van der Waals surface area contributed by atoms with Crippen molar-refractivity contribution in [1.29, 1.82) is 0 Å². The first kappa shape index (κ1) is 21.4. The van der Waals surface area contributed by atoms with Gasteiger partial charge in [-0.2, -0.15) is 13.2 Å². The van der Waals surface area contributed by atoms with Crippen LogP contribution in [0.2, 0.25) is 0 Å². The summed E-state index contributed by atoms with van der Waals surface area (Å²) in [5.74, 6) is 0.520. The summed E-state index contributed by atoms with van der Waals surface area (Å²) in [5, 5.41) is 26.8. The lowest BCUT2D eigenvalue weighted by Crippen LogP contribution is -2.37. The SMILES string of the molecule is CNc1ncnc2c1ncn2[C@@H]1O[C@H](CNCc2ccc(C(F)(F)F)cc2)[C@@H](O)[C@H]1O. The third kappa shape index (κ3) is 4.19. The van der Waals surface area contributed by atoms with Crippen LogP contribution in [0.1, 0.15) is 17.4 Å². The van der Waals surface area contributed by atoms with Gasteiger partial charge >= 0.3 is 6.18 Å². The van der Waals surface area contributed by atoms with Crippen LogP contribution in [0.5, 0.6) is 0 Å². The number of imidazole rings is 1. The quantitative estimate of drug-likeness (QED) is 0.455. The van der Waals surface area contributed by atoms with Crippen LogP contribution >= 0.6 is 0 Å². The lowest BCUT2D eigenvalue weighted by atomic mass is 10.1. The van der Waals surface area contributed by atoms with Gasteiger partial charge in [-0.05, 0) is 17.7 Å². The Bertz CT molecular complexity index is 1040. The molecule has 166 valence electrons. The average Bonchev–Trinajstić information content (AvgIpc) is 3.29. The fourth-order valence-electron chi connectivity index (χ4n) is 3.52. The summed E-state index contributed by atoms with van der Waals surface area (Å²) < 4.78 is 45.3. The third-order valence-electron chi connectivity index (χ3n) is 5.16. The second-order valence-corrected chi connectivity index (χ2v) is 7.17. The van der Waals surface area contributed by atoms with Crippen LogP contribution < -0.4 is 10.6 Å². The molecule has 0 saturated carbocycles. The number of halogens is 3. The normalized spacial score (nSPS) is 24.1. The van der Waals surface area contributed by atoms with Crippen LogP contribution in [-0.4, -0.2) is 61.6 Å².